The summed E-state index contributed by atoms with van der Waals surface area (Å²) >= 11 is 0. The van der Waals surface area contributed by atoms with E-state index in [1.54, 1.807) is 0 Å². The van der Waals surface area contributed by atoms with Crippen molar-refractivity contribution in [2.24, 2.45) is 5.92 Å². The molecule has 2 aliphatic rings. The molecule has 1 atom stereocenters. The lowest BCUT2D eigenvalue weighted by Gasteiger charge is -2.31. The van der Waals surface area contributed by atoms with Crippen molar-refractivity contribution in [3.8, 4) is 0 Å². The van der Waals surface area contributed by atoms with Gasteiger partial charge < -0.3 is 15.3 Å². The lowest BCUT2D eigenvalue weighted by Crippen LogP contribution is -2.38. The Labute approximate surface area is 92.8 Å². The summed E-state index contributed by atoms with van der Waals surface area (Å²) < 4.78 is 0. The molecule has 0 bridgehead atoms. The topological polar surface area (TPSA) is 35.5 Å². The van der Waals surface area contributed by atoms with Crippen LogP contribution < -0.4 is 5.32 Å². The van der Waals surface area contributed by atoms with Crippen LogP contribution in [0.4, 0.5) is 0 Å². The van der Waals surface area contributed by atoms with Crippen LogP contribution in [-0.4, -0.2) is 48.8 Å². The van der Waals surface area contributed by atoms with Crippen LogP contribution in [0.5, 0.6) is 0 Å². The first-order valence-electron chi connectivity index (χ1n) is 6.46. The number of piperidine rings is 2. The molecule has 0 aliphatic carbocycles. The molecule has 1 unspecified atom stereocenters. The second kappa shape index (κ2) is 5.83. The number of nitrogens with zero attached hydrogens (tertiary/aromatic N) is 1. The maximum absolute atomic E-state index is 9.41. The Kier molecular flexibility index (Phi) is 4.42. The molecule has 0 amide bonds. The standard InChI is InChI=1S/C12H24N2O/c15-12-4-8-14(9-5-12)7-3-11-2-1-6-13-10-11/h11-13,15H,1-10H2. The van der Waals surface area contributed by atoms with Crippen molar-refractivity contribution >= 4 is 0 Å². The van der Waals surface area contributed by atoms with E-state index in [1.165, 1.54) is 38.9 Å². The summed E-state index contributed by atoms with van der Waals surface area (Å²) in [7, 11) is 0. The van der Waals surface area contributed by atoms with Crippen LogP contribution in [0.3, 0.4) is 0 Å². The Morgan fingerprint density at radius 1 is 1.20 bits per heavy atom. The summed E-state index contributed by atoms with van der Waals surface area (Å²) in [6.45, 7) is 5.87. The Morgan fingerprint density at radius 2 is 2.00 bits per heavy atom. The Hall–Kier alpha value is -0.120. The van der Waals surface area contributed by atoms with Crippen molar-refractivity contribution < 1.29 is 5.11 Å². The fourth-order valence-electron chi connectivity index (χ4n) is 2.68. The molecule has 2 heterocycles. The average molecular weight is 212 g/mol. The minimum atomic E-state index is -0.0300. The zero-order valence-corrected chi connectivity index (χ0v) is 9.62. The van der Waals surface area contributed by atoms with Crippen molar-refractivity contribution in [3.63, 3.8) is 0 Å². The van der Waals surface area contributed by atoms with E-state index in [9.17, 15) is 5.11 Å². The number of rotatable bonds is 3. The number of nitrogens with one attached hydrogen (secondary N) is 1. The average Bonchev–Trinajstić information content (AvgIpc) is 2.30. The minimum Gasteiger partial charge on any atom is -0.393 e. The third kappa shape index (κ3) is 3.74. The highest BCUT2D eigenvalue weighted by Gasteiger charge is 2.18. The molecule has 2 aliphatic heterocycles. The van der Waals surface area contributed by atoms with Crippen molar-refractivity contribution in [1.82, 2.24) is 10.2 Å². The Morgan fingerprint density at radius 3 is 2.67 bits per heavy atom. The maximum atomic E-state index is 9.41. The molecule has 2 fully saturated rings. The Balaban J connectivity index is 1.60. The van der Waals surface area contributed by atoms with Crippen LogP contribution in [0.2, 0.25) is 0 Å². The van der Waals surface area contributed by atoms with Gasteiger partial charge >= 0.3 is 0 Å². The molecule has 2 saturated heterocycles. The van der Waals surface area contributed by atoms with Crippen molar-refractivity contribution in [3.05, 3.63) is 0 Å². The third-order valence-corrected chi connectivity index (χ3v) is 3.81. The van der Waals surface area contributed by atoms with Crippen molar-refractivity contribution in [2.75, 3.05) is 32.7 Å². The zero-order chi connectivity index (χ0) is 10.5. The van der Waals surface area contributed by atoms with E-state index in [2.05, 4.69) is 10.2 Å². The van der Waals surface area contributed by atoms with Gasteiger partial charge in [-0.25, -0.2) is 0 Å². The highest BCUT2D eigenvalue weighted by atomic mass is 16.3. The van der Waals surface area contributed by atoms with Gasteiger partial charge in [-0.2, -0.15) is 0 Å². The van der Waals surface area contributed by atoms with Crippen LogP contribution in [0, 0.1) is 5.92 Å². The third-order valence-electron chi connectivity index (χ3n) is 3.81. The van der Waals surface area contributed by atoms with E-state index in [1.807, 2.05) is 0 Å². The van der Waals surface area contributed by atoms with Gasteiger partial charge in [-0.3, -0.25) is 0 Å². The van der Waals surface area contributed by atoms with E-state index in [0.717, 1.165) is 31.8 Å². The van der Waals surface area contributed by atoms with Gasteiger partial charge in [0, 0.05) is 13.1 Å². The highest BCUT2D eigenvalue weighted by Crippen LogP contribution is 2.16. The van der Waals surface area contributed by atoms with Crippen LogP contribution in [0.25, 0.3) is 0 Å². The number of hydrogen-bond acceptors (Lipinski definition) is 3. The summed E-state index contributed by atoms with van der Waals surface area (Å²) in [5.74, 6) is 0.894. The zero-order valence-electron chi connectivity index (χ0n) is 9.62. The molecule has 0 saturated carbocycles. The summed E-state index contributed by atoms with van der Waals surface area (Å²) in [5.41, 5.74) is 0. The quantitative estimate of drug-likeness (QED) is 0.727. The molecule has 15 heavy (non-hydrogen) atoms. The van der Waals surface area contributed by atoms with Crippen molar-refractivity contribution in [1.29, 1.82) is 0 Å². The van der Waals surface area contributed by atoms with Gasteiger partial charge in [0.25, 0.3) is 0 Å². The van der Waals surface area contributed by atoms with Gasteiger partial charge in [0.15, 0.2) is 0 Å². The van der Waals surface area contributed by atoms with E-state index < -0.39 is 0 Å². The molecule has 2 N–H and O–H groups in total. The maximum Gasteiger partial charge on any atom is 0.0564 e. The summed E-state index contributed by atoms with van der Waals surface area (Å²) in [6, 6.07) is 0. The number of likely N-dealkylation sites (tertiary alicyclic amines) is 1. The number of hydrogen-bond donors (Lipinski definition) is 2. The molecule has 0 spiro atoms. The Bertz CT molecular complexity index is 172. The molecule has 3 nitrogen and oxygen atoms in total. The fraction of sp³-hybridized carbons (Fsp3) is 1.00. The van der Waals surface area contributed by atoms with Crippen LogP contribution in [-0.2, 0) is 0 Å². The van der Waals surface area contributed by atoms with Gasteiger partial charge in [0.2, 0.25) is 0 Å². The van der Waals surface area contributed by atoms with Crippen LogP contribution >= 0.6 is 0 Å². The second-order valence-electron chi connectivity index (χ2n) is 5.07. The molecule has 0 aromatic heterocycles. The number of aliphatic hydroxyl groups is 1. The van der Waals surface area contributed by atoms with Gasteiger partial charge in [0.1, 0.15) is 0 Å². The van der Waals surface area contributed by atoms with Gasteiger partial charge in [0.05, 0.1) is 6.10 Å². The van der Waals surface area contributed by atoms with Crippen molar-refractivity contribution in [2.45, 2.75) is 38.2 Å². The monoisotopic (exact) mass is 212 g/mol. The van der Waals surface area contributed by atoms with E-state index >= 15 is 0 Å². The van der Waals surface area contributed by atoms with Gasteiger partial charge in [-0.15, -0.1) is 0 Å². The molecule has 0 aromatic rings. The molecule has 88 valence electrons. The van der Waals surface area contributed by atoms with E-state index in [4.69, 9.17) is 0 Å². The first-order valence-corrected chi connectivity index (χ1v) is 6.46. The summed E-state index contributed by atoms with van der Waals surface area (Å²) in [5, 5.41) is 12.9. The summed E-state index contributed by atoms with van der Waals surface area (Å²) in [4.78, 5) is 2.52. The first kappa shape index (κ1) is 11.4. The number of aliphatic hydroxyl groups excluding tert-OH is 1. The van der Waals surface area contributed by atoms with Gasteiger partial charge in [-0.1, -0.05) is 0 Å². The molecule has 0 aromatic carbocycles. The van der Waals surface area contributed by atoms with E-state index in [-0.39, 0.29) is 6.10 Å². The predicted molar refractivity (Wildman–Crippen MR) is 61.9 cm³/mol. The van der Waals surface area contributed by atoms with Crippen LogP contribution in [0.15, 0.2) is 0 Å². The minimum absolute atomic E-state index is 0.0300. The first-order chi connectivity index (χ1) is 7.34. The lowest BCUT2D eigenvalue weighted by atomic mass is 9.95. The SMILES string of the molecule is OC1CCN(CCC2CCCNC2)CC1. The normalized spacial score (nSPS) is 30.6. The largest absolute Gasteiger partial charge is 0.393 e. The van der Waals surface area contributed by atoms with Crippen LogP contribution in [0.1, 0.15) is 32.1 Å². The fourth-order valence-corrected chi connectivity index (χ4v) is 2.68. The van der Waals surface area contributed by atoms with E-state index in [0.29, 0.717) is 0 Å². The molecule has 3 heteroatoms. The smallest absolute Gasteiger partial charge is 0.0564 e. The predicted octanol–water partition coefficient (Wildman–Crippen LogP) is 0.833. The van der Waals surface area contributed by atoms with Gasteiger partial charge in [-0.05, 0) is 57.7 Å². The molecular weight excluding hydrogens is 188 g/mol. The highest BCUT2D eigenvalue weighted by molar-refractivity contribution is 4.74. The molecule has 0 radical (unpaired) electrons. The second-order valence-corrected chi connectivity index (χ2v) is 5.07. The summed E-state index contributed by atoms with van der Waals surface area (Å²) in [6.07, 6.45) is 6.01. The molecular formula is C12H24N2O. The lowest BCUT2D eigenvalue weighted by molar-refractivity contribution is 0.0790. The molecule has 2 rings (SSSR count).